The first-order valence-electron chi connectivity index (χ1n) is 7.95. The molecule has 0 aliphatic carbocycles. The summed E-state index contributed by atoms with van der Waals surface area (Å²) in [5.74, 6) is -1.08. The molecule has 0 bridgehead atoms. The lowest BCUT2D eigenvalue weighted by Gasteiger charge is -2.25. The molecule has 0 saturated heterocycles. The molecule has 0 aliphatic rings. The van der Waals surface area contributed by atoms with Crippen molar-refractivity contribution < 1.29 is 22.3 Å². The van der Waals surface area contributed by atoms with Crippen LogP contribution in [0.1, 0.15) is 22.0 Å². The van der Waals surface area contributed by atoms with Crippen molar-refractivity contribution in [2.45, 2.75) is 10.9 Å². The molecule has 1 N–H and O–H groups in total. The Labute approximate surface area is 162 Å². The molecule has 2 aromatic rings. The van der Waals surface area contributed by atoms with Crippen LogP contribution in [0, 0.1) is 5.82 Å². The van der Waals surface area contributed by atoms with E-state index < -0.39 is 27.9 Å². The Kier molecular flexibility index (Phi) is 6.94. The van der Waals surface area contributed by atoms with Crippen LogP contribution in [0.2, 0.25) is 5.02 Å². The topological polar surface area (TPSA) is 75.7 Å². The Morgan fingerprint density at radius 3 is 2.56 bits per heavy atom. The van der Waals surface area contributed by atoms with Gasteiger partial charge in [-0.1, -0.05) is 23.7 Å². The fourth-order valence-electron chi connectivity index (χ4n) is 2.53. The van der Waals surface area contributed by atoms with Crippen molar-refractivity contribution in [3.8, 4) is 0 Å². The Hall–Kier alpha value is -2.00. The molecule has 0 radical (unpaired) electrons. The maximum atomic E-state index is 13.5. The molecule has 0 amide bonds. The highest BCUT2D eigenvalue weighted by Crippen LogP contribution is 2.24. The van der Waals surface area contributed by atoms with Crippen LogP contribution in [-0.4, -0.2) is 47.0 Å². The summed E-state index contributed by atoms with van der Waals surface area (Å²) in [6.45, 7) is -0.0163. The molecule has 0 spiro atoms. The Morgan fingerprint density at radius 1 is 1.26 bits per heavy atom. The summed E-state index contributed by atoms with van der Waals surface area (Å²) in [5, 5.41) is -0.0256. The first-order valence-corrected chi connectivity index (χ1v) is 9.81. The molecule has 0 aliphatic heterocycles. The van der Waals surface area contributed by atoms with Gasteiger partial charge in [0.25, 0.3) is 0 Å². The highest BCUT2D eigenvalue weighted by atomic mass is 35.5. The van der Waals surface area contributed by atoms with Crippen molar-refractivity contribution in [2.24, 2.45) is 0 Å². The van der Waals surface area contributed by atoms with Crippen molar-refractivity contribution >= 4 is 27.6 Å². The SMILES string of the molecule is COC(=O)c1ccc(Cl)c(S(=O)(=O)NCC(c2cccc(F)c2)N(C)C)c1. The van der Waals surface area contributed by atoms with Crippen molar-refractivity contribution in [1.29, 1.82) is 0 Å². The number of carbonyl (C=O) groups excluding carboxylic acids is 1. The van der Waals surface area contributed by atoms with Crippen LogP contribution in [-0.2, 0) is 14.8 Å². The molecule has 0 aromatic heterocycles. The molecule has 6 nitrogen and oxygen atoms in total. The van der Waals surface area contributed by atoms with Gasteiger partial charge in [-0.15, -0.1) is 0 Å². The monoisotopic (exact) mass is 414 g/mol. The number of nitrogens with zero attached hydrogens (tertiary/aromatic N) is 1. The number of benzene rings is 2. The van der Waals surface area contributed by atoms with Gasteiger partial charge in [0.2, 0.25) is 10.0 Å². The van der Waals surface area contributed by atoms with E-state index in [2.05, 4.69) is 9.46 Å². The van der Waals surface area contributed by atoms with E-state index in [4.69, 9.17) is 11.6 Å². The first-order chi connectivity index (χ1) is 12.7. The number of rotatable bonds is 7. The minimum Gasteiger partial charge on any atom is -0.465 e. The van der Waals surface area contributed by atoms with Crippen molar-refractivity contribution in [3.63, 3.8) is 0 Å². The number of hydrogen-bond donors (Lipinski definition) is 1. The summed E-state index contributed by atoms with van der Waals surface area (Å²) in [4.78, 5) is 13.2. The number of methoxy groups -OCH3 is 1. The molecule has 0 saturated carbocycles. The Bertz CT molecular complexity index is 935. The zero-order valence-electron chi connectivity index (χ0n) is 15.1. The second-order valence-corrected chi connectivity index (χ2v) is 8.17. The van der Waals surface area contributed by atoms with Crippen molar-refractivity contribution in [3.05, 3.63) is 64.4 Å². The van der Waals surface area contributed by atoms with Crippen LogP contribution in [0.25, 0.3) is 0 Å². The fourth-order valence-corrected chi connectivity index (χ4v) is 4.09. The van der Waals surface area contributed by atoms with E-state index in [1.807, 2.05) is 0 Å². The van der Waals surface area contributed by atoms with Crippen molar-refractivity contribution in [1.82, 2.24) is 9.62 Å². The largest absolute Gasteiger partial charge is 0.465 e. The molecule has 0 fully saturated rings. The van der Waals surface area contributed by atoms with Gasteiger partial charge in [-0.3, -0.25) is 0 Å². The average Bonchev–Trinajstić information content (AvgIpc) is 2.61. The van der Waals surface area contributed by atoms with Gasteiger partial charge in [-0.25, -0.2) is 22.3 Å². The van der Waals surface area contributed by atoms with Crippen LogP contribution in [0.4, 0.5) is 4.39 Å². The summed E-state index contributed by atoms with van der Waals surface area (Å²) in [5.41, 5.74) is 0.689. The summed E-state index contributed by atoms with van der Waals surface area (Å²) in [7, 11) is 0.704. The molecule has 2 aromatic carbocycles. The minimum atomic E-state index is -4.01. The maximum absolute atomic E-state index is 13.5. The van der Waals surface area contributed by atoms with Crippen LogP contribution >= 0.6 is 11.6 Å². The third kappa shape index (κ3) is 5.26. The zero-order valence-corrected chi connectivity index (χ0v) is 16.6. The van der Waals surface area contributed by atoms with Crippen LogP contribution in [0.5, 0.6) is 0 Å². The van der Waals surface area contributed by atoms with Crippen LogP contribution in [0.15, 0.2) is 47.4 Å². The standard InChI is InChI=1S/C18H20ClFN2O4S/c1-22(2)16(12-5-4-6-14(20)9-12)11-21-27(24,25)17-10-13(18(23)26-3)7-8-15(17)19/h4-10,16,21H,11H2,1-3H3. The van der Waals surface area contributed by atoms with Gasteiger partial charge >= 0.3 is 5.97 Å². The summed E-state index contributed by atoms with van der Waals surface area (Å²) >= 11 is 6.01. The zero-order chi connectivity index (χ0) is 20.2. The molecule has 1 atom stereocenters. The lowest BCUT2D eigenvalue weighted by atomic mass is 10.1. The number of carbonyl (C=O) groups is 1. The van der Waals surface area contributed by atoms with Gasteiger partial charge in [-0.05, 0) is 50.0 Å². The molecule has 1 unspecified atom stereocenters. The predicted octanol–water partition coefficient (Wildman–Crippen LogP) is 2.85. The Balaban J connectivity index is 2.28. The molecular formula is C18H20ClFN2O4S. The number of hydrogen-bond acceptors (Lipinski definition) is 5. The first kappa shape index (κ1) is 21.3. The summed E-state index contributed by atoms with van der Waals surface area (Å²) in [6, 6.07) is 9.39. The van der Waals surface area contributed by atoms with Gasteiger partial charge in [0.15, 0.2) is 0 Å². The van der Waals surface area contributed by atoms with E-state index in [1.165, 1.54) is 31.4 Å². The van der Waals surface area contributed by atoms with Crippen LogP contribution in [0.3, 0.4) is 0 Å². The molecule has 2 rings (SSSR count). The van der Waals surface area contributed by atoms with E-state index in [0.29, 0.717) is 5.56 Å². The highest BCUT2D eigenvalue weighted by Gasteiger charge is 2.23. The van der Waals surface area contributed by atoms with Crippen LogP contribution < -0.4 is 4.72 Å². The summed E-state index contributed by atoms with van der Waals surface area (Å²) < 4.78 is 46.0. The van der Waals surface area contributed by atoms with E-state index in [1.54, 1.807) is 31.1 Å². The van der Waals surface area contributed by atoms with Gasteiger partial charge in [0, 0.05) is 12.6 Å². The minimum absolute atomic E-state index is 0.0163. The molecular weight excluding hydrogens is 395 g/mol. The quantitative estimate of drug-likeness (QED) is 0.705. The van der Waals surface area contributed by atoms with E-state index >= 15 is 0 Å². The van der Waals surface area contributed by atoms with Gasteiger partial charge < -0.3 is 9.64 Å². The lowest BCUT2D eigenvalue weighted by Crippen LogP contribution is -2.34. The molecule has 27 heavy (non-hydrogen) atoms. The Morgan fingerprint density at radius 2 is 1.96 bits per heavy atom. The number of ether oxygens (including phenoxy) is 1. The second-order valence-electron chi connectivity index (χ2n) is 6.02. The predicted molar refractivity (Wildman–Crippen MR) is 101 cm³/mol. The summed E-state index contributed by atoms with van der Waals surface area (Å²) in [6.07, 6.45) is 0. The van der Waals surface area contributed by atoms with E-state index in [-0.39, 0.29) is 22.0 Å². The van der Waals surface area contributed by atoms with Gasteiger partial charge in [-0.2, -0.15) is 0 Å². The highest BCUT2D eigenvalue weighted by molar-refractivity contribution is 7.89. The fraction of sp³-hybridized carbons (Fsp3) is 0.278. The molecule has 146 valence electrons. The average molecular weight is 415 g/mol. The second kappa shape index (κ2) is 8.79. The smallest absolute Gasteiger partial charge is 0.337 e. The maximum Gasteiger partial charge on any atom is 0.337 e. The number of sulfonamides is 1. The number of nitrogens with one attached hydrogen (secondary N) is 1. The van der Waals surface area contributed by atoms with E-state index in [0.717, 1.165) is 6.07 Å². The third-order valence-corrected chi connectivity index (χ3v) is 5.87. The molecule has 9 heteroatoms. The third-order valence-electron chi connectivity index (χ3n) is 3.97. The number of likely N-dealkylation sites (N-methyl/N-ethyl adjacent to an activating group) is 1. The molecule has 0 heterocycles. The van der Waals surface area contributed by atoms with Crippen molar-refractivity contribution in [2.75, 3.05) is 27.7 Å². The normalized spacial score (nSPS) is 12.8. The van der Waals surface area contributed by atoms with Gasteiger partial charge in [0.05, 0.1) is 17.7 Å². The number of halogens is 2. The number of esters is 1. The van der Waals surface area contributed by atoms with Gasteiger partial charge in [0.1, 0.15) is 10.7 Å². The lowest BCUT2D eigenvalue weighted by molar-refractivity contribution is 0.0600. The van der Waals surface area contributed by atoms with E-state index in [9.17, 15) is 17.6 Å².